The quantitative estimate of drug-likeness (QED) is 0.563. The third-order valence-electron chi connectivity index (χ3n) is 4.09. The Balaban J connectivity index is 1.75. The molecular formula is C13H22N2O4. The molecule has 1 amide bonds. The van der Waals surface area contributed by atoms with Gasteiger partial charge in [0.05, 0.1) is 17.6 Å². The molecule has 2 rings (SSSR count). The maximum absolute atomic E-state index is 11.9. The van der Waals surface area contributed by atoms with Gasteiger partial charge in [-0.3, -0.25) is 9.59 Å². The molecule has 2 aliphatic rings. The molecule has 4 N–H and O–H groups in total. The molecule has 0 aromatic carbocycles. The highest BCUT2D eigenvalue weighted by Gasteiger charge is 2.46. The van der Waals surface area contributed by atoms with Crippen molar-refractivity contribution >= 4 is 11.9 Å². The van der Waals surface area contributed by atoms with Crippen molar-refractivity contribution in [1.82, 2.24) is 10.6 Å². The van der Waals surface area contributed by atoms with E-state index < -0.39 is 17.5 Å². The predicted octanol–water partition coefficient (Wildman–Crippen LogP) is -0.284. The predicted molar refractivity (Wildman–Crippen MR) is 68.5 cm³/mol. The minimum atomic E-state index is -1.05. The highest BCUT2D eigenvalue weighted by Crippen LogP contribution is 2.37. The van der Waals surface area contributed by atoms with E-state index in [1.807, 2.05) is 0 Å². The van der Waals surface area contributed by atoms with Gasteiger partial charge in [-0.2, -0.15) is 0 Å². The summed E-state index contributed by atoms with van der Waals surface area (Å²) in [6.45, 7) is 5.14. The molecule has 19 heavy (non-hydrogen) atoms. The van der Waals surface area contributed by atoms with Crippen molar-refractivity contribution in [1.29, 1.82) is 0 Å². The fourth-order valence-electron chi connectivity index (χ4n) is 2.83. The van der Waals surface area contributed by atoms with Crippen LogP contribution in [0.2, 0.25) is 0 Å². The van der Waals surface area contributed by atoms with E-state index in [1.165, 1.54) is 0 Å². The summed E-state index contributed by atoms with van der Waals surface area (Å²) in [5.74, 6) is -1.47. The Morgan fingerprint density at radius 2 is 1.95 bits per heavy atom. The van der Waals surface area contributed by atoms with Crippen LogP contribution >= 0.6 is 0 Å². The van der Waals surface area contributed by atoms with Gasteiger partial charge in [-0.05, 0) is 24.7 Å². The summed E-state index contributed by atoms with van der Waals surface area (Å²) < 4.78 is 0. The number of carboxylic acid groups (broad SMARTS) is 1. The lowest BCUT2D eigenvalue weighted by atomic mass is 9.71. The van der Waals surface area contributed by atoms with E-state index in [9.17, 15) is 14.7 Å². The van der Waals surface area contributed by atoms with Gasteiger partial charge in [0.2, 0.25) is 5.91 Å². The number of carbonyl (C=O) groups excluding carboxylic acids is 1. The number of amides is 1. The Morgan fingerprint density at radius 3 is 2.42 bits per heavy atom. The summed E-state index contributed by atoms with van der Waals surface area (Å²) in [6, 6.07) is -0.214. The van der Waals surface area contributed by atoms with Gasteiger partial charge in [0.25, 0.3) is 0 Å². The number of hydrogen-bond acceptors (Lipinski definition) is 4. The van der Waals surface area contributed by atoms with Gasteiger partial charge in [-0.1, -0.05) is 13.8 Å². The number of aliphatic hydroxyl groups is 1. The number of carboxylic acids is 1. The molecule has 0 unspecified atom stereocenters. The Bertz CT molecular complexity index is 388. The van der Waals surface area contributed by atoms with E-state index in [0.29, 0.717) is 0 Å². The van der Waals surface area contributed by atoms with Crippen LogP contribution in [0.15, 0.2) is 0 Å². The number of aliphatic carboxylic acids is 1. The number of rotatable bonds is 4. The van der Waals surface area contributed by atoms with Gasteiger partial charge >= 0.3 is 5.97 Å². The average molecular weight is 270 g/mol. The molecule has 1 saturated heterocycles. The molecule has 1 atom stereocenters. The molecular weight excluding hydrogens is 248 g/mol. The van der Waals surface area contributed by atoms with Gasteiger partial charge in [0.15, 0.2) is 0 Å². The maximum atomic E-state index is 11.9. The van der Waals surface area contributed by atoms with E-state index in [-0.39, 0.29) is 36.8 Å². The fourth-order valence-corrected chi connectivity index (χ4v) is 2.83. The topological polar surface area (TPSA) is 98.7 Å². The van der Waals surface area contributed by atoms with Crippen molar-refractivity contribution in [2.75, 3.05) is 13.1 Å². The molecule has 1 aliphatic carbocycles. The zero-order valence-electron chi connectivity index (χ0n) is 11.4. The highest BCUT2D eigenvalue weighted by atomic mass is 16.4. The van der Waals surface area contributed by atoms with E-state index in [1.54, 1.807) is 0 Å². The van der Waals surface area contributed by atoms with Crippen molar-refractivity contribution in [3.05, 3.63) is 0 Å². The Morgan fingerprint density at radius 1 is 1.32 bits per heavy atom. The first-order chi connectivity index (χ1) is 8.71. The second kappa shape index (κ2) is 4.76. The second-order valence-electron chi connectivity index (χ2n) is 6.69. The standard InChI is InChI=1S/C13H22N2O4/c1-12(2)5-9(14-6-12)10(16)15-7-13(19)3-8(4-13)11(17)18/h8-9,14,19H,3-7H2,1-2H3,(H,15,16)(H,17,18)/t8?,9-,13?/m0/s1. The van der Waals surface area contributed by atoms with Crippen molar-refractivity contribution in [2.45, 2.75) is 44.8 Å². The van der Waals surface area contributed by atoms with Gasteiger partial charge in [-0.25, -0.2) is 0 Å². The largest absolute Gasteiger partial charge is 0.481 e. The third kappa shape index (κ3) is 3.25. The second-order valence-corrected chi connectivity index (χ2v) is 6.69. The average Bonchev–Trinajstić information content (AvgIpc) is 2.62. The van der Waals surface area contributed by atoms with Crippen LogP contribution in [0.1, 0.15) is 33.1 Å². The molecule has 0 spiro atoms. The lowest BCUT2D eigenvalue weighted by Gasteiger charge is -2.41. The molecule has 108 valence electrons. The highest BCUT2D eigenvalue weighted by molar-refractivity contribution is 5.82. The van der Waals surface area contributed by atoms with Crippen LogP contribution in [0.4, 0.5) is 0 Å². The maximum Gasteiger partial charge on any atom is 0.306 e. The molecule has 6 heteroatoms. The lowest BCUT2D eigenvalue weighted by Crippen LogP contribution is -2.55. The molecule has 0 radical (unpaired) electrons. The van der Waals surface area contributed by atoms with Crippen LogP contribution < -0.4 is 10.6 Å². The number of hydrogen-bond donors (Lipinski definition) is 4. The monoisotopic (exact) mass is 270 g/mol. The summed E-state index contributed by atoms with van der Waals surface area (Å²) in [4.78, 5) is 22.6. The molecule has 0 aromatic rings. The van der Waals surface area contributed by atoms with Crippen LogP contribution in [-0.4, -0.2) is 46.8 Å². The molecule has 1 aliphatic heterocycles. The summed E-state index contributed by atoms with van der Waals surface area (Å²) >= 11 is 0. The number of nitrogens with one attached hydrogen (secondary N) is 2. The number of carbonyl (C=O) groups is 2. The molecule has 0 aromatic heterocycles. The summed E-state index contributed by atoms with van der Waals surface area (Å²) in [5.41, 5.74) is -0.934. The smallest absolute Gasteiger partial charge is 0.306 e. The van der Waals surface area contributed by atoms with Crippen molar-refractivity contribution in [2.24, 2.45) is 11.3 Å². The zero-order valence-corrected chi connectivity index (χ0v) is 11.4. The van der Waals surface area contributed by atoms with Crippen molar-refractivity contribution in [3.63, 3.8) is 0 Å². The van der Waals surface area contributed by atoms with Crippen LogP contribution in [0, 0.1) is 11.3 Å². The van der Waals surface area contributed by atoms with Gasteiger partial charge in [-0.15, -0.1) is 0 Å². The van der Waals surface area contributed by atoms with E-state index >= 15 is 0 Å². The van der Waals surface area contributed by atoms with E-state index in [2.05, 4.69) is 24.5 Å². The van der Waals surface area contributed by atoms with Crippen molar-refractivity contribution in [3.8, 4) is 0 Å². The summed E-state index contributed by atoms with van der Waals surface area (Å²) in [5, 5.41) is 24.7. The first-order valence-electron chi connectivity index (χ1n) is 6.67. The lowest BCUT2D eigenvalue weighted by molar-refractivity contribution is -0.158. The van der Waals surface area contributed by atoms with Gasteiger partial charge in [0.1, 0.15) is 0 Å². The molecule has 2 fully saturated rings. The van der Waals surface area contributed by atoms with Crippen molar-refractivity contribution < 1.29 is 19.8 Å². The normalized spacial score (nSPS) is 36.6. The summed E-state index contributed by atoms with van der Waals surface area (Å²) in [7, 11) is 0. The Labute approximate surface area is 112 Å². The van der Waals surface area contributed by atoms with E-state index in [4.69, 9.17) is 5.11 Å². The third-order valence-corrected chi connectivity index (χ3v) is 4.09. The van der Waals surface area contributed by atoms with E-state index in [0.717, 1.165) is 13.0 Å². The summed E-state index contributed by atoms with van der Waals surface area (Å²) in [6.07, 6.45) is 1.20. The molecule has 1 heterocycles. The molecule has 1 saturated carbocycles. The minimum absolute atomic E-state index is 0.113. The Kier molecular flexibility index (Phi) is 3.57. The van der Waals surface area contributed by atoms with Crippen LogP contribution in [-0.2, 0) is 9.59 Å². The SMILES string of the molecule is CC1(C)CN[C@H](C(=O)NCC2(O)CC(C(=O)O)C2)C1. The van der Waals surface area contributed by atoms with Crippen LogP contribution in [0.5, 0.6) is 0 Å². The van der Waals surface area contributed by atoms with Gasteiger partial charge < -0.3 is 20.8 Å². The zero-order chi connectivity index (χ0) is 14.3. The first kappa shape index (κ1) is 14.3. The molecule has 6 nitrogen and oxygen atoms in total. The van der Waals surface area contributed by atoms with Crippen LogP contribution in [0.3, 0.4) is 0 Å². The minimum Gasteiger partial charge on any atom is -0.481 e. The first-order valence-corrected chi connectivity index (χ1v) is 6.67. The Hall–Kier alpha value is -1.14. The molecule has 0 bridgehead atoms. The van der Waals surface area contributed by atoms with Gasteiger partial charge in [0, 0.05) is 13.1 Å². The van der Waals surface area contributed by atoms with Crippen LogP contribution in [0.25, 0.3) is 0 Å². The fraction of sp³-hybridized carbons (Fsp3) is 0.846.